The fraction of sp³-hybridized carbons (Fsp3) is 0.300. The molecule has 154 valence electrons. The van der Waals surface area contributed by atoms with E-state index in [0.717, 1.165) is 0 Å². The van der Waals surface area contributed by atoms with Crippen LogP contribution >= 0.6 is 0 Å². The van der Waals surface area contributed by atoms with Gasteiger partial charge in [-0.05, 0) is 18.9 Å². The quantitative estimate of drug-likeness (QED) is 0.510. The minimum Gasteiger partial charge on any atom is -0.382 e. The van der Waals surface area contributed by atoms with Gasteiger partial charge in [-0.25, -0.2) is 9.50 Å². The van der Waals surface area contributed by atoms with E-state index in [4.69, 9.17) is 10.7 Å². The molecule has 31 heavy (non-hydrogen) atoms. The summed E-state index contributed by atoms with van der Waals surface area (Å²) in [6.07, 6.45) is 8.09. The molecule has 1 fully saturated rings. The highest BCUT2D eigenvalue weighted by atomic mass is 16.1. The molecule has 0 atom stereocenters. The third kappa shape index (κ3) is 2.79. The second kappa shape index (κ2) is 6.57. The van der Waals surface area contributed by atoms with Crippen LogP contribution in [0.3, 0.4) is 0 Å². The number of nitriles is 2. The van der Waals surface area contributed by atoms with Crippen molar-refractivity contribution in [3.8, 4) is 34.7 Å². The van der Waals surface area contributed by atoms with Crippen LogP contribution in [0.1, 0.15) is 19.3 Å². The summed E-state index contributed by atoms with van der Waals surface area (Å²) < 4.78 is 4.90. The number of hydrogen-bond donors (Lipinski definition) is 2. The lowest BCUT2D eigenvalue weighted by Crippen LogP contribution is -2.46. The van der Waals surface area contributed by atoms with E-state index in [1.54, 1.807) is 51.8 Å². The van der Waals surface area contributed by atoms with Crippen LogP contribution in [0.2, 0.25) is 0 Å². The van der Waals surface area contributed by atoms with Gasteiger partial charge in [0.2, 0.25) is 0 Å². The molecule has 5 rings (SSSR count). The van der Waals surface area contributed by atoms with E-state index < -0.39 is 5.54 Å². The maximum absolute atomic E-state index is 12.3. The molecule has 4 heterocycles. The van der Waals surface area contributed by atoms with Crippen molar-refractivity contribution in [2.24, 2.45) is 13.0 Å². The number of nitrogens with two attached hydrogens (primary N) is 1. The van der Waals surface area contributed by atoms with Crippen LogP contribution in [0.25, 0.3) is 28.0 Å². The minimum absolute atomic E-state index is 0.102. The summed E-state index contributed by atoms with van der Waals surface area (Å²) in [6, 6.07) is 6.26. The molecular weight excluding hydrogens is 396 g/mol. The zero-order valence-corrected chi connectivity index (χ0v) is 16.6. The molecule has 1 aliphatic carbocycles. The molecule has 0 unspecified atom stereocenters. The first kappa shape index (κ1) is 18.6. The van der Waals surface area contributed by atoms with Crippen molar-refractivity contribution >= 4 is 11.3 Å². The Morgan fingerprint density at radius 1 is 1.29 bits per heavy atom. The monoisotopic (exact) mass is 414 g/mol. The van der Waals surface area contributed by atoms with E-state index in [9.17, 15) is 15.3 Å². The van der Waals surface area contributed by atoms with Crippen molar-refractivity contribution in [2.45, 2.75) is 24.8 Å². The maximum Gasteiger partial charge on any atom is 0.273 e. The molecule has 1 aliphatic rings. The number of anilines is 1. The summed E-state index contributed by atoms with van der Waals surface area (Å²) in [5.41, 5.74) is 8.13. The van der Waals surface area contributed by atoms with E-state index in [0.29, 0.717) is 40.9 Å². The number of rotatable bonds is 4. The molecule has 4 aromatic heterocycles. The summed E-state index contributed by atoms with van der Waals surface area (Å²) in [4.78, 5) is 17.0. The van der Waals surface area contributed by atoms with E-state index in [-0.39, 0.29) is 23.7 Å². The standard InChI is InChI=1S/C20H18N10O/c1-28-9-13(19(31)27-28)15-11-29-16(2-5-24-29)17(25-15)14-10-30(26-18(14)23)20(3-4-21)6-12(7-20)8-22/h2,5,9-12H,3,6-7H2,1H3,(H2,23,26)(H,27,31). The van der Waals surface area contributed by atoms with Crippen molar-refractivity contribution in [1.29, 1.82) is 10.5 Å². The number of aromatic amines is 1. The van der Waals surface area contributed by atoms with Gasteiger partial charge in [-0.2, -0.15) is 20.7 Å². The van der Waals surface area contributed by atoms with E-state index in [1.165, 1.54) is 0 Å². The van der Waals surface area contributed by atoms with Gasteiger partial charge >= 0.3 is 0 Å². The fourth-order valence-electron chi connectivity index (χ4n) is 4.26. The van der Waals surface area contributed by atoms with Crippen molar-refractivity contribution in [2.75, 3.05) is 5.73 Å². The normalized spacial score (nSPS) is 20.3. The largest absolute Gasteiger partial charge is 0.382 e. The molecule has 0 aliphatic heterocycles. The average Bonchev–Trinajstić information content (AvgIpc) is 3.42. The highest BCUT2D eigenvalue weighted by molar-refractivity contribution is 5.83. The lowest BCUT2D eigenvalue weighted by molar-refractivity contribution is 0.0885. The van der Waals surface area contributed by atoms with Crippen molar-refractivity contribution < 1.29 is 0 Å². The zero-order chi connectivity index (χ0) is 21.8. The molecule has 0 saturated heterocycles. The Balaban J connectivity index is 1.66. The van der Waals surface area contributed by atoms with E-state index in [2.05, 4.69) is 27.4 Å². The number of hydrogen-bond acceptors (Lipinski definition) is 7. The number of aryl methyl sites for hydroxylation is 1. The molecule has 1 saturated carbocycles. The van der Waals surface area contributed by atoms with Gasteiger partial charge in [0.15, 0.2) is 5.82 Å². The third-order valence-electron chi connectivity index (χ3n) is 5.84. The van der Waals surface area contributed by atoms with Crippen LogP contribution in [0.4, 0.5) is 5.82 Å². The molecule has 0 spiro atoms. The van der Waals surface area contributed by atoms with Crippen LogP contribution in [0, 0.1) is 28.6 Å². The molecule has 11 heteroatoms. The second-order valence-corrected chi connectivity index (χ2v) is 7.90. The van der Waals surface area contributed by atoms with Crippen LogP contribution in [-0.2, 0) is 12.6 Å². The van der Waals surface area contributed by atoms with Crippen LogP contribution in [-0.4, -0.2) is 34.2 Å². The number of aromatic nitrogens is 7. The minimum atomic E-state index is -0.549. The number of nitrogen functional groups attached to an aromatic ring is 1. The smallest absolute Gasteiger partial charge is 0.273 e. The molecule has 3 N–H and O–H groups in total. The van der Waals surface area contributed by atoms with Gasteiger partial charge in [-0.1, -0.05) is 0 Å². The summed E-state index contributed by atoms with van der Waals surface area (Å²) >= 11 is 0. The molecule has 0 bridgehead atoms. The molecule has 0 amide bonds. The van der Waals surface area contributed by atoms with Crippen molar-refractivity contribution in [3.05, 3.63) is 41.2 Å². The number of fused-ring (bicyclic) bond motifs is 1. The van der Waals surface area contributed by atoms with Gasteiger partial charge in [0, 0.05) is 19.4 Å². The lowest BCUT2D eigenvalue weighted by atomic mass is 9.67. The Bertz CT molecular complexity index is 1450. The number of nitrogens with zero attached hydrogens (tertiary/aromatic N) is 8. The average molecular weight is 414 g/mol. The third-order valence-corrected chi connectivity index (χ3v) is 5.84. The maximum atomic E-state index is 12.3. The van der Waals surface area contributed by atoms with Gasteiger partial charge in [-0.15, -0.1) is 0 Å². The molecular formula is C20H18N10O. The highest BCUT2D eigenvalue weighted by Crippen LogP contribution is 2.47. The fourth-order valence-corrected chi connectivity index (χ4v) is 4.26. The summed E-state index contributed by atoms with van der Waals surface area (Å²) in [7, 11) is 1.72. The summed E-state index contributed by atoms with van der Waals surface area (Å²) in [5.74, 6) is 0.155. The SMILES string of the molecule is Cn1cc(-c2cn3nccc3c(-c3cn(C4(CC#N)CC(C#N)C4)nc3N)n2)c(=O)[nH]1. The van der Waals surface area contributed by atoms with Gasteiger partial charge in [0.05, 0.1) is 64.7 Å². The van der Waals surface area contributed by atoms with Gasteiger partial charge < -0.3 is 5.73 Å². The van der Waals surface area contributed by atoms with Crippen LogP contribution in [0.5, 0.6) is 0 Å². The predicted octanol–water partition coefficient (Wildman–Crippen LogP) is 1.41. The lowest BCUT2D eigenvalue weighted by Gasteiger charge is -2.43. The van der Waals surface area contributed by atoms with E-state index in [1.807, 2.05) is 0 Å². The topological polar surface area (TPSA) is 159 Å². The Morgan fingerprint density at radius 3 is 2.77 bits per heavy atom. The predicted molar refractivity (Wildman–Crippen MR) is 110 cm³/mol. The number of H-pyrrole nitrogens is 1. The van der Waals surface area contributed by atoms with Crippen LogP contribution in [0.15, 0.2) is 35.6 Å². The summed E-state index contributed by atoms with van der Waals surface area (Å²) in [6.45, 7) is 0. The second-order valence-electron chi connectivity index (χ2n) is 7.90. The first-order valence-electron chi connectivity index (χ1n) is 9.67. The van der Waals surface area contributed by atoms with Crippen molar-refractivity contribution in [1.82, 2.24) is 34.2 Å². The first-order valence-corrected chi connectivity index (χ1v) is 9.67. The highest BCUT2D eigenvalue weighted by Gasteiger charge is 2.47. The molecule has 11 nitrogen and oxygen atoms in total. The first-order chi connectivity index (χ1) is 14.9. The van der Waals surface area contributed by atoms with E-state index >= 15 is 0 Å². The molecule has 4 aromatic rings. The Hall–Kier alpha value is -4.38. The summed E-state index contributed by atoms with van der Waals surface area (Å²) in [5, 5.41) is 30.0. The number of nitrogens with one attached hydrogen (secondary N) is 1. The Kier molecular flexibility index (Phi) is 3.95. The van der Waals surface area contributed by atoms with Gasteiger partial charge in [0.1, 0.15) is 5.69 Å². The molecule has 0 radical (unpaired) electrons. The Labute approximate surface area is 175 Å². The van der Waals surface area contributed by atoms with Gasteiger partial charge in [0.25, 0.3) is 5.56 Å². The zero-order valence-electron chi connectivity index (χ0n) is 16.6. The van der Waals surface area contributed by atoms with Crippen LogP contribution < -0.4 is 11.3 Å². The van der Waals surface area contributed by atoms with Gasteiger partial charge in [-0.3, -0.25) is 19.3 Å². The molecule has 0 aromatic carbocycles. The Morgan fingerprint density at radius 2 is 2.10 bits per heavy atom. The van der Waals surface area contributed by atoms with Crippen molar-refractivity contribution in [3.63, 3.8) is 0 Å².